The van der Waals surface area contributed by atoms with E-state index in [0.29, 0.717) is 0 Å². The molecule has 158 valence electrons. The summed E-state index contributed by atoms with van der Waals surface area (Å²) < 4.78 is 11.2. The van der Waals surface area contributed by atoms with Crippen molar-refractivity contribution >= 4 is 47.4 Å². The number of benzene rings is 1. The Morgan fingerprint density at radius 2 is 1.96 bits per heavy atom. The van der Waals surface area contributed by atoms with E-state index in [2.05, 4.69) is 44.6 Å². The van der Waals surface area contributed by atoms with Gasteiger partial charge in [-0.2, -0.15) is 11.8 Å². The lowest BCUT2D eigenvalue weighted by Gasteiger charge is -2.40. The fraction of sp³-hybridized carbons (Fsp3) is 0.650. The van der Waals surface area contributed by atoms with E-state index < -0.39 is 0 Å². The van der Waals surface area contributed by atoms with Gasteiger partial charge in [0.15, 0.2) is 5.96 Å². The fourth-order valence-corrected chi connectivity index (χ4v) is 4.54. The van der Waals surface area contributed by atoms with E-state index in [1.165, 1.54) is 5.69 Å². The maximum atomic E-state index is 5.55. The average Bonchev–Trinajstić information content (AvgIpc) is 2.75. The Labute approximate surface area is 190 Å². The Kier molecular flexibility index (Phi) is 9.49. The van der Waals surface area contributed by atoms with Crippen LogP contribution in [0, 0.1) is 0 Å². The van der Waals surface area contributed by atoms with Gasteiger partial charge in [0.05, 0.1) is 7.11 Å². The standard InChI is InChI=1S/C20H32N4O2S.HI/c1-21-19(22-16-20(27-3)7-13-26-14-8-20)24-11-9-23(10-12-24)17-5-4-6-18(15-17)25-2;/h4-6,15H,7-14,16H2,1-3H3,(H,21,22);1H. The predicted octanol–water partition coefficient (Wildman–Crippen LogP) is 2.92. The summed E-state index contributed by atoms with van der Waals surface area (Å²) >= 11 is 1.96. The van der Waals surface area contributed by atoms with Crippen LogP contribution in [-0.2, 0) is 4.74 Å². The van der Waals surface area contributed by atoms with E-state index in [0.717, 1.165) is 70.5 Å². The van der Waals surface area contributed by atoms with Crippen molar-refractivity contribution < 1.29 is 9.47 Å². The zero-order valence-electron chi connectivity index (χ0n) is 17.1. The van der Waals surface area contributed by atoms with E-state index in [1.54, 1.807) is 7.11 Å². The van der Waals surface area contributed by atoms with Gasteiger partial charge in [0.2, 0.25) is 0 Å². The second-order valence-corrected chi connectivity index (χ2v) is 8.35. The van der Waals surface area contributed by atoms with Crippen LogP contribution >= 0.6 is 35.7 Å². The van der Waals surface area contributed by atoms with E-state index in [1.807, 2.05) is 24.9 Å². The lowest BCUT2D eigenvalue weighted by Crippen LogP contribution is -2.55. The van der Waals surface area contributed by atoms with Gasteiger partial charge in [0.25, 0.3) is 0 Å². The minimum absolute atomic E-state index is 0. The average molecular weight is 520 g/mol. The number of anilines is 1. The zero-order valence-corrected chi connectivity index (χ0v) is 20.3. The number of halogens is 1. The summed E-state index contributed by atoms with van der Waals surface area (Å²) in [6.45, 7) is 6.56. The van der Waals surface area contributed by atoms with E-state index in [9.17, 15) is 0 Å². The molecule has 0 aromatic heterocycles. The molecule has 0 spiro atoms. The van der Waals surface area contributed by atoms with Crippen LogP contribution in [0.25, 0.3) is 0 Å². The molecule has 6 nitrogen and oxygen atoms in total. The molecule has 3 rings (SSSR count). The molecule has 8 heteroatoms. The van der Waals surface area contributed by atoms with Crippen molar-refractivity contribution in [2.45, 2.75) is 17.6 Å². The van der Waals surface area contributed by atoms with Crippen molar-refractivity contribution in [3.05, 3.63) is 24.3 Å². The van der Waals surface area contributed by atoms with Crippen LogP contribution in [0.4, 0.5) is 5.69 Å². The lowest BCUT2D eigenvalue weighted by molar-refractivity contribution is 0.0781. The van der Waals surface area contributed by atoms with E-state index in [4.69, 9.17) is 9.47 Å². The molecule has 0 aliphatic carbocycles. The van der Waals surface area contributed by atoms with Crippen molar-refractivity contribution in [2.75, 3.05) is 71.3 Å². The minimum atomic E-state index is 0. The highest BCUT2D eigenvalue weighted by Gasteiger charge is 2.32. The number of nitrogens with zero attached hydrogens (tertiary/aromatic N) is 3. The molecule has 0 unspecified atom stereocenters. The Morgan fingerprint density at radius 1 is 1.25 bits per heavy atom. The Hall–Kier alpha value is -0.870. The number of ether oxygens (including phenoxy) is 2. The summed E-state index contributed by atoms with van der Waals surface area (Å²) in [5.74, 6) is 1.92. The van der Waals surface area contributed by atoms with Crippen LogP contribution in [0.2, 0.25) is 0 Å². The van der Waals surface area contributed by atoms with Crippen molar-refractivity contribution in [3.8, 4) is 5.75 Å². The van der Waals surface area contributed by atoms with Crippen molar-refractivity contribution in [1.82, 2.24) is 10.2 Å². The van der Waals surface area contributed by atoms with Gasteiger partial charge in [-0.25, -0.2) is 0 Å². The third kappa shape index (κ3) is 5.82. The van der Waals surface area contributed by atoms with E-state index >= 15 is 0 Å². The number of piperazine rings is 1. The summed E-state index contributed by atoms with van der Waals surface area (Å²) in [5.41, 5.74) is 1.22. The molecule has 0 saturated carbocycles. The number of rotatable bonds is 5. The summed E-state index contributed by atoms with van der Waals surface area (Å²) in [4.78, 5) is 9.32. The molecule has 1 aromatic rings. The summed E-state index contributed by atoms with van der Waals surface area (Å²) in [7, 11) is 3.60. The molecule has 2 heterocycles. The maximum absolute atomic E-state index is 5.55. The first kappa shape index (κ1) is 23.4. The minimum Gasteiger partial charge on any atom is -0.497 e. The highest BCUT2D eigenvalue weighted by Crippen LogP contribution is 2.33. The molecule has 2 aliphatic rings. The molecule has 1 N–H and O–H groups in total. The molecule has 1 aromatic carbocycles. The Morgan fingerprint density at radius 3 is 2.57 bits per heavy atom. The Balaban J connectivity index is 0.00000280. The molecular formula is C20H33IN4O2S. The number of thioether (sulfide) groups is 1. The van der Waals surface area contributed by atoms with Crippen LogP contribution in [0.1, 0.15) is 12.8 Å². The first-order valence-corrected chi connectivity index (χ1v) is 10.9. The molecule has 0 amide bonds. The Bertz CT molecular complexity index is 632. The molecule has 0 bridgehead atoms. The number of nitrogens with one attached hydrogen (secondary N) is 1. The number of guanidine groups is 1. The van der Waals surface area contributed by atoms with Gasteiger partial charge in [-0.05, 0) is 31.2 Å². The van der Waals surface area contributed by atoms with Crippen LogP contribution in [0.5, 0.6) is 5.75 Å². The normalized spacial score (nSPS) is 19.8. The van der Waals surface area contributed by atoms with Crippen molar-refractivity contribution in [2.24, 2.45) is 4.99 Å². The monoisotopic (exact) mass is 520 g/mol. The number of hydrogen-bond acceptors (Lipinski definition) is 5. The predicted molar refractivity (Wildman–Crippen MR) is 130 cm³/mol. The lowest BCUT2D eigenvalue weighted by atomic mass is 9.99. The van der Waals surface area contributed by atoms with E-state index in [-0.39, 0.29) is 28.7 Å². The summed E-state index contributed by atoms with van der Waals surface area (Å²) in [5, 5.41) is 3.63. The van der Waals surface area contributed by atoms with Gasteiger partial charge < -0.3 is 24.6 Å². The van der Waals surface area contributed by atoms with Crippen LogP contribution in [0.3, 0.4) is 0 Å². The van der Waals surface area contributed by atoms with Crippen LogP contribution < -0.4 is 15.0 Å². The second kappa shape index (κ2) is 11.3. The quantitative estimate of drug-likeness (QED) is 0.366. The summed E-state index contributed by atoms with van der Waals surface area (Å²) in [6, 6.07) is 8.30. The number of hydrogen-bond donors (Lipinski definition) is 1. The largest absolute Gasteiger partial charge is 0.497 e. The molecular weight excluding hydrogens is 487 g/mol. The highest BCUT2D eigenvalue weighted by atomic mass is 127. The highest BCUT2D eigenvalue weighted by molar-refractivity contribution is 14.0. The van der Waals surface area contributed by atoms with Gasteiger partial charge >= 0.3 is 0 Å². The second-order valence-electron chi connectivity index (χ2n) is 7.08. The van der Waals surface area contributed by atoms with Gasteiger partial charge in [-0.1, -0.05) is 6.07 Å². The van der Waals surface area contributed by atoms with Gasteiger partial charge in [-0.15, -0.1) is 24.0 Å². The van der Waals surface area contributed by atoms with Crippen LogP contribution in [0.15, 0.2) is 29.3 Å². The topological polar surface area (TPSA) is 49.3 Å². The molecule has 2 aliphatic heterocycles. The fourth-order valence-electron chi connectivity index (χ4n) is 3.75. The van der Waals surface area contributed by atoms with Crippen molar-refractivity contribution in [1.29, 1.82) is 0 Å². The van der Waals surface area contributed by atoms with Gasteiger partial charge in [0.1, 0.15) is 5.75 Å². The number of methoxy groups -OCH3 is 1. The smallest absolute Gasteiger partial charge is 0.193 e. The van der Waals surface area contributed by atoms with Crippen LogP contribution in [-0.4, -0.2) is 82.0 Å². The molecule has 2 fully saturated rings. The first-order valence-electron chi connectivity index (χ1n) is 9.67. The van der Waals surface area contributed by atoms with Crippen molar-refractivity contribution in [3.63, 3.8) is 0 Å². The first-order chi connectivity index (χ1) is 13.2. The zero-order chi connectivity index (χ0) is 19.1. The summed E-state index contributed by atoms with van der Waals surface area (Å²) in [6.07, 6.45) is 4.41. The third-order valence-electron chi connectivity index (χ3n) is 5.62. The third-order valence-corrected chi connectivity index (χ3v) is 7.03. The number of aliphatic imine (C=N–C) groups is 1. The maximum Gasteiger partial charge on any atom is 0.193 e. The molecule has 0 radical (unpaired) electrons. The molecule has 28 heavy (non-hydrogen) atoms. The SMILES string of the molecule is CN=C(NCC1(SC)CCOCC1)N1CCN(c2cccc(OC)c2)CC1.I. The molecule has 2 saturated heterocycles. The van der Waals surface area contributed by atoms with Gasteiger partial charge in [-0.3, -0.25) is 4.99 Å². The van der Waals surface area contributed by atoms with Gasteiger partial charge in [0, 0.05) is 69.5 Å². The molecule has 0 atom stereocenters.